The maximum Gasteiger partial charge on any atom is 0.150 e. The number of carbonyl (C=O) groups is 1. The highest BCUT2D eigenvalue weighted by Crippen LogP contribution is 2.13. The second-order valence-electron chi connectivity index (χ2n) is 3.05. The monoisotopic (exact) mass is 218 g/mol. The number of rotatable bonds is 7. The van der Waals surface area contributed by atoms with Crippen LogP contribution >= 0.6 is 0 Å². The fourth-order valence-electron chi connectivity index (χ4n) is 1.13. The van der Waals surface area contributed by atoms with Crippen LogP contribution in [0.4, 0.5) is 0 Å². The predicted molar refractivity (Wildman–Crippen MR) is 63.0 cm³/mol. The Kier molecular flexibility index (Phi) is 4.86. The Hall–Kier alpha value is -2.03. The molecule has 0 N–H and O–H groups in total. The molecule has 0 aliphatic carbocycles. The van der Waals surface area contributed by atoms with Crippen molar-refractivity contribution in [3.05, 3.63) is 54.8 Å². The number of hydrogen-bond donors (Lipinski definition) is 0. The summed E-state index contributed by atoms with van der Waals surface area (Å²) in [5, 5.41) is 0. The fourth-order valence-corrected chi connectivity index (χ4v) is 1.13. The van der Waals surface area contributed by atoms with Crippen LogP contribution in [0.2, 0.25) is 0 Å². The van der Waals surface area contributed by atoms with Crippen LogP contribution in [0.25, 0.3) is 5.76 Å². The predicted octanol–water partition coefficient (Wildman–Crippen LogP) is 2.65. The second kappa shape index (κ2) is 6.45. The van der Waals surface area contributed by atoms with E-state index in [1.54, 1.807) is 24.3 Å². The molecular formula is C13H14O3. The van der Waals surface area contributed by atoms with Gasteiger partial charge >= 0.3 is 0 Å². The van der Waals surface area contributed by atoms with Gasteiger partial charge in [-0.1, -0.05) is 37.4 Å². The maximum atomic E-state index is 10.5. The third-order valence-corrected chi connectivity index (χ3v) is 1.96. The molecule has 0 heterocycles. The van der Waals surface area contributed by atoms with Gasteiger partial charge in [-0.3, -0.25) is 4.79 Å². The van der Waals surface area contributed by atoms with Gasteiger partial charge in [0.25, 0.3) is 0 Å². The smallest absolute Gasteiger partial charge is 0.150 e. The van der Waals surface area contributed by atoms with Gasteiger partial charge in [0.1, 0.15) is 25.3 Å². The zero-order chi connectivity index (χ0) is 11.8. The van der Waals surface area contributed by atoms with Gasteiger partial charge in [-0.15, -0.1) is 0 Å². The lowest BCUT2D eigenvalue weighted by molar-refractivity contribution is 0.112. The summed E-state index contributed by atoms with van der Waals surface area (Å²) in [7, 11) is 0. The Labute approximate surface area is 95.0 Å². The molecule has 0 bridgehead atoms. The largest absolute Gasteiger partial charge is 0.498 e. The van der Waals surface area contributed by atoms with Crippen molar-refractivity contribution in [2.75, 3.05) is 13.2 Å². The van der Waals surface area contributed by atoms with E-state index in [-0.39, 0.29) is 0 Å². The van der Waals surface area contributed by atoms with Crippen molar-refractivity contribution >= 4 is 12.0 Å². The Morgan fingerprint density at radius 3 is 2.50 bits per heavy atom. The van der Waals surface area contributed by atoms with E-state index in [0.717, 1.165) is 11.8 Å². The highest BCUT2D eigenvalue weighted by molar-refractivity contribution is 5.75. The normalized spacial score (nSPS) is 9.25. The summed E-state index contributed by atoms with van der Waals surface area (Å²) in [5.74, 6) is 0.560. The number of hydrogen-bond acceptors (Lipinski definition) is 3. The summed E-state index contributed by atoms with van der Waals surface area (Å²) >= 11 is 0. The van der Waals surface area contributed by atoms with E-state index in [2.05, 4.69) is 13.2 Å². The number of carbonyl (C=O) groups excluding carboxylic acids is 1. The van der Waals surface area contributed by atoms with Gasteiger partial charge in [-0.05, 0) is 0 Å². The molecule has 0 aromatic heterocycles. The molecule has 1 aromatic rings. The first kappa shape index (κ1) is 12.0. The molecule has 0 aliphatic heterocycles. The van der Waals surface area contributed by atoms with Gasteiger partial charge < -0.3 is 9.47 Å². The molecule has 0 spiro atoms. The molecule has 0 atom stereocenters. The Morgan fingerprint density at radius 1 is 1.25 bits per heavy atom. The van der Waals surface area contributed by atoms with Gasteiger partial charge in [0.15, 0.2) is 0 Å². The van der Waals surface area contributed by atoms with Crippen molar-refractivity contribution in [1.29, 1.82) is 0 Å². The van der Waals surface area contributed by atoms with Crippen molar-refractivity contribution in [3.8, 4) is 0 Å². The summed E-state index contributed by atoms with van der Waals surface area (Å²) in [5.41, 5.74) is 1.48. The van der Waals surface area contributed by atoms with Crippen molar-refractivity contribution in [2.24, 2.45) is 0 Å². The quantitative estimate of drug-likeness (QED) is 0.401. The van der Waals surface area contributed by atoms with Crippen LogP contribution in [0.5, 0.6) is 0 Å². The van der Waals surface area contributed by atoms with Crippen LogP contribution in [-0.4, -0.2) is 19.5 Å². The molecule has 0 aliphatic rings. The highest BCUT2D eigenvalue weighted by atomic mass is 16.5. The molecule has 1 aromatic carbocycles. The summed E-state index contributed by atoms with van der Waals surface area (Å²) in [6.45, 7) is 8.06. The molecule has 0 saturated heterocycles. The van der Waals surface area contributed by atoms with Gasteiger partial charge in [-0.2, -0.15) is 0 Å². The van der Waals surface area contributed by atoms with E-state index in [1.165, 1.54) is 6.26 Å². The van der Waals surface area contributed by atoms with Crippen molar-refractivity contribution < 1.29 is 14.3 Å². The molecule has 16 heavy (non-hydrogen) atoms. The lowest BCUT2D eigenvalue weighted by atomic mass is 10.1. The van der Waals surface area contributed by atoms with Crippen LogP contribution in [-0.2, 0) is 9.47 Å². The zero-order valence-electron chi connectivity index (χ0n) is 9.02. The van der Waals surface area contributed by atoms with Crippen LogP contribution in [0.15, 0.2) is 43.7 Å². The topological polar surface area (TPSA) is 35.5 Å². The second-order valence-corrected chi connectivity index (χ2v) is 3.05. The molecule has 0 unspecified atom stereocenters. The minimum atomic E-state index is 0.417. The van der Waals surface area contributed by atoms with E-state index in [9.17, 15) is 4.79 Å². The summed E-state index contributed by atoms with van der Waals surface area (Å²) < 4.78 is 10.3. The molecule has 3 nitrogen and oxygen atoms in total. The van der Waals surface area contributed by atoms with Crippen LogP contribution in [0.1, 0.15) is 15.9 Å². The van der Waals surface area contributed by atoms with Crippen molar-refractivity contribution in [1.82, 2.24) is 0 Å². The van der Waals surface area contributed by atoms with Crippen LogP contribution in [0.3, 0.4) is 0 Å². The lowest BCUT2D eigenvalue weighted by Gasteiger charge is -2.08. The van der Waals surface area contributed by atoms with E-state index >= 15 is 0 Å². The molecule has 1 rings (SSSR count). The highest BCUT2D eigenvalue weighted by Gasteiger charge is 1.99. The van der Waals surface area contributed by atoms with E-state index in [4.69, 9.17) is 9.47 Å². The van der Waals surface area contributed by atoms with E-state index in [1.807, 2.05) is 0 Å². The minimum absolute atomic E-state index is 0.417. The Morgan fingerprint density at radius 2 is 1.94 bits per heavy atom. The van der Waals surface area contributed by atoms with Gasteiger partial charge in [-0.25, -0.2) is 0 Å². The van der Waals surface area contributed by atoms with Crippen molar-refractivity contribution in [3.63, 3.8) is 0 Å². The summed E-state index contributed by atoms with van der Waals surface area (Å²) in [6.07, 6.45) is 2.16. The lowest BCUT2D eigenvalue weighted by Crippen LogP contribution is -2.00. The maximum absolute atomic E-state index is 10.5. The third-order valence-electron chi connectivity index (χ3n) is 1.96. The van der Waals surface area contributed by atoms with E-state index < -0.39 is 0 Å². The third kappa shape index (κ3) is 3.61. The molecule has 0 fully saturated rings. The number of aldehydes is 1. The summed E-state index contributed by atoms with van der Waals surface area (Å²) in [4.78, 5) is 10.5. The summed E-state index contributed by atoms with van der Waals surface area (Å²) in [6, 6.07) is 7.02. The minimum Gasteiger partial charge on any atom is -0.498 e. The average molecular weight is 218 g/mol. The molecular weight excluding hydrogens is 204 g/mol. The van der Waals surface area contributed by atoms with Gasteiger partial charge in [0.2, 0.25) is 0 Å². The first-order valence-corrected chi connectivity index (χ1v) is 4.87. The number of ether oxygens (including phenoxy) is 2. The first-order chi connectivity index (χ1) is 7.77. The van der Waals surface area contributed by atoms with Crippen LogP contribution in [0, 0.1) is 0 Å². The van der Waals surface area contributed by atoms with E-state index in [0.29, 0.717) is 24.5 Å². The SMILES string of the molecule is C=COCCOC(=C)c1ccc(C=O)cc1. The molecule has 0 amide bonds. The van der Waals surface area contributed by atoms with Crippen LogP contribution < -0.4 is 0 Å². The molecule has 84 valence electrons. The first-order valence-electron chi connectivity index (χ1n) is 4.87. The van der Waals surface area contributed by atoms with Gasteiger partial charge in [0.05, 0.1) is 6.26 Å². The zero-order valence-corrected chi connectivity index (χ0v) is 9.02. The average Bonchev–Trinajstić information content (AvgIpc) is 2.34. The fraction of sp³-hybridized carbons (Fsp3) is 0.154. The molecule has 0 saturated carbocycles. The Bertz CT molecular complexity index is 365. The molecule has 0 radical (unpaired) electrons. The standard InChI is InChI=1S/C13H14O3/c1-3-15-8-9-16-11(2)13-6-4-12(10-14)5-7-13/h3-7,10H,1-2,8-9H2. The Balaban J connectivity index is 2.46. The number of benzene rings is 1. The molecule has 3 heteroatoms. The van der Waals surface area contributed by atoms with Gasteiger partial charge in [0, 0.05) is 11.1 Å². The van der Waals surface area contributed by atoms with Crippen molar-refractivity contribution in [2.45, 2.75) is 0 Å².